The summed E-state index contributed by atoms with van der Waals surface area (Å²) in [6.07, 6.45) is 0. The molecule has 5 heteroatoms. The quantitative estimate of drug-likeness (QED) is 0.905. The van der Waals surface area contributed by atoms with Crippen LogP contribution in [-0.4, -0.2) is 28.6 Å². The predicted octanol–water partition coefficient (Wildman–Crippen LogP) is 2.76. The number of amides is 1. The summed E-state index contributed by atoms with van der Waals surface area (Å²) in [5.74, 6) is -1.32. The molecule has 0 aliphatic rings. The minimum atomic E-state index is -1.08. The van der Waals surface area contributed by atoms with Crippen molar-refractivity contribution < 1.29 is 19.8 Å². The predicted molar refractivity (Wildman–Crippen MR) is 78.9 cm³/mol. The molecular formula is C16H15NO4. The summed E-state index contributed by atoms with van der Waals surface area (Å²) >= 11 is 0. The van der Waals surface area contributed by atoms with E-state index in [2.05, 4.69) is 0 Å². The molecule has 2 aromatic carbocycles. The van der Waals surface area contributed by atoms with Gasteiger partial charge in [0.05, 0.1) is 5.56 Å². The molecule has 0 unspecified atom stereocenters. The van der Waals surface area contributed by atoms with E-state index in [0.29, 0.717) is 17.8 Å². The van der Waals surface area contributed by atoms with Crippen LogP contribution < -0.4 is 4.90 Å². The van der Waals surface area contributed by atoms with Gasteiger partial charge < -0.3 is 15.1 Å². The van der Waals surface area contributed by atoms with Crippen LogP contribution in [0.15, 0.2) is 48.5 Å². The Hall–Kier alpha value is -2.82. The molecule has 108 valence electrons. The first-order valence-corrected chi connectivity index (χ1v) is 6.47. The largest absolute Gasteiger partial charge is 0.508 e. The zero-order chi connectivity index (χ0) is 15.4. The van der Waals surface area contributed by atoms with Gasteiger partial charge in [0, 0.05) is 23.9 Å². The van der Waals surface area contributed by atoms with Gasteiger partial charge >= 0.3 is 5.97 Å². The molecule has 5 nitrogen and oxygen atoms in total. The monoisotopic (exact) mass is 285 g/mol. The van der Waals surface area contributed by atoms with Gasteiger partial charge in [-0.3, -0.25) is 4.79 Å². The number of phenols is 1. The smallest absolute Gasteiger partial charge is 0.335 e. The number of carbonyl (C=O) groups excluding carboxylic acids is 1. The highest BCUT2D eigenvalue weighted by Crippen LogP contribution is 2.22. The van der Waals surface area contributed by atoms with Crippen LogP contribution >= 0.6 is 0 Å². The van der Waals surface area contributed by atoms with E-state index in [1.165, 1.54) is 35.2 Å². The molecule has 2 rings (SSSR count). The lowest BCUT2D eigenvalue weighted by atomic mass is 10.1. The minimum Gasteiger partial charge on any atom is -0.508 e. The van der Waals surface area contributed by atoms with Crippen molar-refractivity contribution in [3.8, 4) is 5.75 Å². The molecule has 0 aromatic heterocycles. The summed E-state index contributed by atoms with van der Waals surface area (Å²) in [6.45, 7) is 2.21. The maximum Gasteiger partial charge on any atom is 0.335 e. The maximum absolute atomic E-state index is 12.5. The molecule has 0 atom stereocenters. The lowest BCUT2D eigenvalue weighted by Crippen LogP contribution is -2.30. The third kappa shape index (κ3) is 3.20. The Kier molecular flexibility index (Phi) is 4.23. The number of hydrogen-bond acceptors (Lipinski definition) is 3. The van der Waals surface area contributed by atoms with Crippen LogP contribution in [0.2, 0.25) is 0 Å². The third-order valence-electron chi connectivity index (χ3n) is 3.06. The van der Waals surface area contributed by atoms with E-state index in [9.17, 15) is 14.7 Å². The lowest BCUT2D eigenvalue weighted by Gasteiger charge is -2.21. The topological polar surface area (TPSA) is 77.8 Å². The maximum atomic E-state index is 12.5. The molecule has 0 heterocycles. The Morgan fingerprint density at radius 1 is 1.05 bits per heavy atom. The molecule has 0 saturated heterocycles. The average Bonchev–Trinajstić information content (AvgIpc) is 2.48. The van der Waals surface area contributed by atoms with Crippen LogP contribution in [0.3, 0.4) is 0 Å². The van der Waals surface area contributed by atoms with E-state index in [-0.39, 0.29) is 17.2 Å². The van der Waals surface area contributed by atoms with Crippen molar-refractivity contribution in [3.05, 3.63) is 59.7 Å². The molecule has 1 amide bonds. The fraction of sp³-hybridized carbons (Fsp3) is 0.125. The highest BCUT2D eigenvalue weighted by atomic mass is 16.4. The van der Waals surface area contributed by atoms with Gasteiger partial charge in [0.15, 0.2) is 0 Å². The number of benzene rings is 2. The number of nitrogens with zero attached hydrogens (tertiary/aromatic N) is 1. The molecule has 0 aliphatic heterocycles. The third-order valence-corrected chi connectivity index (χ3v) is 3.06. The van der Waals surface area contributed by atoms with Crippen molar-refractivity contribution >= 4 is 17.6 Å². The lowest BCUT2D eigenvalue weighted by molar-refractivity contribution is 0.0697. The molecule has 0 bridgehead atoms. The van der Waals surface area contributed by atoms with Crippen LogP contribution in [0.4, 0.5) is 5.69 Å². The second-order valence-electron chi connectivity index (χ2n) is 4.46. The number of carboxylic acid groups (broad SMARTS) is 1. The summed E-state index contributed by atoms with van der Waals surface area (Å²) in [6, 6.07) is 12.2. The van der Waals surface area contributed by atoms with Gasteiger partial charge in [-0.05, 0) is 37.3 Å². The molecule has 0 saturated carbocycles. The van der Waals surface area contributed by atoms with Crippen molar-refractivity contribution in [1.82, 2.24) is 0 Å². The van der Waals surface area contributed by atoms with Gasteiger partial charge in [-0.15, -0.1) is 0 Å². The highest BCUT2D eigenvalue weighted by Gasteiger charge is 2.17. The molecule has 2 aromatic rings. The van der Waals surface area contributed by atoms with E-state index < -0.39 is 5.97 Å². The van der Waals surface area contributed by atoms with Gasteiger partial charge in [0.25, 0.3) is 5.91 Å². The van der Waals surface area contributed by atoms with Gasteiger partial charge in [-0.25, -0.2) is 4.79 Å². The Labute approximate surface area is 122 Å². The Bertz CT molecular complexity index is 681. The van der Waals surface area contributed by atoms with E-state index >= 15 is 0 Å². The van der Waals surface area contributed by atoms with Crippen LogP contribution in [0.1, 0.15) is 27.6 Å². The second kappa shape index (κ2) is 6.09. The summed E-state index contributed by atoms with van der Waals surface area (Å²) < 4.78 is 0. The number of carboxylic acids is 1. The fourth-order valence-corrected chi connectivity index (χ4v) is 2.05. The normalized spacial score (nSPS) is 10.1. The summed E-state index contributed by atoms with van der Waals surface area (Å²) in [7, 11) is 0. The van der Waals surface area contributed by atoms with E-state index in [1.54, 1.807) is 18.2 Å². The van der Waals surface area contributed by atoms with E-state index in [0.717, 1.165) is 0 Å². The average molecular weight is 285 g/mol. The second-order valence-corrected chi connectivity index (χ2v) is 4.46. The zero-order valence-corrected chi connectivity index (χ0v) is 11.5. The molecule has 21 heavy (non-hydrogen) atoms. The first-order valence-electron chi connectivity index (χ1n) is 6.47. The van der Waals surface area contributed by atoms with Crippen molar-refractivity contribution in [2.24, 2.45) is 0 Å². The Balaban J connectivity index is 2.36. The Morgan fingerprint density at radius 2 is 1.71 bits per heavy atom. The summed E-state index contributed by atoms with van der Waals surface area (Å²) in [4.78, 5) is 25.0. The molecule has 2 N–H and O–H groups in total. The number of hydrogen-bond donors (Lipinski definition) is 2. The number of carbonyl (C=O) groups is 2. The number of rotatable bonds is 4. The fourth-order valence-electron chi connectivity index (χ4n) is 2.05. The first kappa shape index (κ1) is 14.6. The van der Waals surface area contributed by atoms with E-state index in [1.807, 2.05) is 6.92 Å². The highest BCUT2D eigenvalue weighted by molar-refractivity contribution is 6.07. The molecule has 0 spiro atoms. The SMILES string of the molecule is CCN(C(=O)c1cccc(C(=O)O)c1)c1cccc(O)c1. The van der Waals surface area contributed by atoms with Crippen molar-refractivity contribution in [1.29, 1.82) is 0 Å². The number of anilines is 1. The minimum absolute atomic E-state index is 0.0628. The molecule has 0 radical (unpaired) electrons. The molecular weight excluding hydrogens is 270 g/mol. The van der Waals surface area contributed by atoms with Crippen LogP contribution in [-0.2, 0) is 0 Å². The van der Waals surface area contributed by atoms with Gasteiger partial charge in [0.2, 0.25) is 0 Å². The Morgan fingerprint density at radius 3 is 2.33 bits per heavy atom. The van der Waals surface area contributed by atoms with Crippen LogP contribution in [0, 0.1) is 0 Å². The molecule has 0 fully saturated rings. The number of aromatic hydroxyl groups is 1. The van der Waals surface area contributed by atoms with Crippen LogP contribution in [0.25, 0.3) is 0 Å². The van der Waals surface area contributed by atoms with E-state index in [4.69, 9.17) is 5.11 Å². The first-order chi connectivity index (χ1) is 10.0. The van der Waals surface area contributed by atoms with Gasteiger partial charge in [-0.2, -0.15) is 0 Å². The van der Waals surface area contributed by atoms with Crippen molar-refractivity contribution in [3.63, 3.8) is 0 Å². The van der Waals surface area contributed by atoms with Crippen molar-refractivity contribution in [2.45, 2.75) is 6.92 Å². The zero-order valence-electron chi connectivity index (χ0n) is 11.5. The van der Waals surface area contributed by atoms with Gasteiger partial charge in [-0.1, -0.05) is 12.1 Å². The summed E-state index contributed by atoms with van der Waals surface area (Å²) in [5.41, 5.74) is 0.913. The van der Waals surface area contributed by atoms with Gasteiger partial charge in [0.1, 0.15) is 5.75 Å². The number of phenolic OH excluding ortho intramolecular Hbond substituents is 1. The van der Waals surface area contributed by atoms with Crippen molar-refractivity contribution in [2.75, 3.05) is 11.4 Å². The number of aromatic carboxylic acids is 1. The summed E-state index contributed by atoms with van der Waals surface area (Å²) in [5, 5.41) is 18.5. The standard InChI is InChI=1S/C16H15NO4/c1-2-17(13-7-4-8-14(18)10-13)15(19)11-5-3-6-12(9-11)16(20)21/h3-10,18H,2H2,1H3,(H,20,21). The van der Waals surface area contributed by atoms with Crippen LogP contribution in [0.5, 0.6) is 5.75 Å². The molecule has 0 aliphatic carbocycles.